The van der Waals surface area contributed by atoms with Crippen molar-refractivity contribution in [2.75, 3.05) is 13.7 Å². The Morgan fingerprint density at radius 3 is 2.76 bits per heavy atom. The number of rotatable bonds is 5. The van der Waals surface area contributed by atoms with Crippen molar-refractivity contribution in [1.29, 1.82) is 0 Å². The molecule has 0 radical (unpaired) electrons. The van der Waals surface area contributed by atoms with Crippen LogP contribution in [0, 0.1) is 10.6 Å². The predicted octanol–water partition coefficient (Wildman–Crippen LogP) is 2.44. The molecule has 2 aromatic rings. The Labute approximate surface area is 126 Å². The summed E-state index contributed by atoms with van der Waals surface area (Å²) in [5, 5.41) is 2.81. The molecule has 1 amide bonds. The van der Waals surface area contributed by atoms with Crippen LogP contribution in [0.25, 0.3) is 5.69 Å². The van der Waals surface area contributed by atoms with Crippen molar-refractivity contribution in [2.24, 2.45) is 0 Å². The van der Waals surface area contributed by atoms with Crippen LogP contribution >= 0.6 is 12.2 Å². The van der Waals surface area contributed by atoms with E-state index in [-0.39, 0.29) is 17.8 Å². The number of nitrogens with zero attached hydrogens (tertiary/aromatic N) is 1. The monoisotopic (exact) mass is 309 g/mol. The lowest BCUT2D eigenvalue weighted by molar-refractivity contribution is 0.0898. The number of amides is 1. The van der Waals surface area contributed by atoms with Crippen molar-refractivity contribution in [3.63, 3.8) is 0 Å². The second kappa shape index (κ2) is 6.64. The molecular formula is C14H16FN3O2S. The van der Waals surface area contributed by atoms with Crippen LogP contribution in [0.4, 0.5) is 4.39 Å². The van der Waals surface area contributed by atoms with Gasteiger partial charge >= 0.3 is 0 Å². The number of aromatic amines is 1. The van der Waals surface area contributed by atoms with Crippen LogP contribution in [0.15, 0.2) is 30.5 Å². The summed E-state index contributed by atoms with van der Waals surface area (Å²) < 4.78 is 19.9. The molecule has 112 valence electrons. The molecule has 0 aliphatic heterocycles. The van der Waals surface area contributed by atoms with Crippen molar-refractivity contribution in [1.82, 2.24) is 14.9 Å². The van der Waals surface area contributed by atoms with Crippen LogP contribution in [-0.4, -0.2) is 35.2 Å². The smallest absolute Gasteiger partial charge is 0.270 e. The molecule has 21 heavy (non-hydrogen) atoms. The standard InChI is InChI=1S/C14H16FN3O2S/c1-9(8-20-2)17-13(19)12-7-16-14(21)18(12)11-5-3-10(15)4-6-11/h3-7,9H,8H2,1-2H3,(H,16,21)(H,17,19). The van der Waals surface area contributed by atoms with E-state index in [1.54, 1.807) is 23.8 Å². The largest absolute Gasteiger partial charge is 0.383 e. The molecule has 0 aliphatic rings. The molecule has 1 aromatic carbocycles. The minimum Gasteiger partial charge on any atom is -0.383 e. The van der Waals surface area contributed by atoms with E-state index < -0.39 is 0 Å². The Balaban J connectivity index is 2.32. The highest BCUT2D eigenvalue weighted by molar-refractivity contribution is 7.71. The van der Waals surface area contributed by atoms with Gasteiger partial charge in [-0.05, 0) is 43.4 Å². The van der Waals surface area contributed by atoms with E-state index in [4.69, 9.17) is 17.0 Å². The maximum atomic E-state index is 13.0. The molecule has 5 nitrogen and oxygen atoms in total. The summed E-state index contributed by atoms with van der Waals surface area (Å²) in [4.78, 5) is 15.1. The number of methoxy groups -OCH3 is 1. The van der Waals surface area contributed by atoms with Crippen molar-refractivity contribution in [2.45, 2.75) is 13.0 Å². The molecule has 0 saturated heterocycles. The Hall–Kier alpha value is -1.99. The van der Waals surface area contributed by atoms with Crippen LogP contribution in [0.1, 0.15) is 17.4 Å². The fraction of sp³-hybridized carbons (Fsp3) is 0.286. The van der Waals surface area contributed by atoms with Gasteiger partial charge < -0.3 is 15.0 Å². The van der Waals surface area contributed by atoms with Gasteiger partial charge in [-0.2, -0.15) is 0 Å². The number of carbonyl (C=O) groups excluding carboxylic acids is 1. The molecule has 1 atom stereocenters. The zero-order valence-corrected chi connectivity index (χ0v) is 12.5. The lowest BCUT2D eigenvalue weighted by Crippen LogP contribution is -2.36. The van der Waals surface area contributed by atoms with E-state index in [9.17, 15) is 9.18 Å². The van der Waals surface area contributed by atoms with Gasteiger partial charge in [0.2, 0.25) is 0 Å². The molecule has 1 heterocycles. The number of hydrogen-bond acceptors (Lipinski definition) is 3. The van der Waals surface area contributed by atoms with Crippen molar-refractivity contribution in [3.05, 3.63) is 46.7 Å². The number of hydrogen-bond donors (Lipinski definition) is 2. The third-order valence-electron chi connectivity index (χ3n) is 2.89. The molecule has 1 aromatic heterocycles. The first-order valence-corrected chi connectivity index (χ1v) is 6.80. The topological polar surface area (TPSA) is 59.0 Å². The minimum atomic E-state index is -0.347. The normalized spacial score (nSPS) is 12.1. The molecule has 7 heteroatoms. The first-order valence-electron chi connectivity index (χ1n) is 6.39. The van der Waals surface area contributed by atoms with E-state index >= 15 is 0 Å². The summed E-state index contributed by atoms with van der Waals surface area (Å²) in [6, 6.07) is 5.63. The number of imidazole rings is 1. The molecule has 0 aliphatic carbocycles. The van der Waals surface area contributed by atoms with Gasteiger partial charge in [0.05, 0.1) is 6.61 Å². The van der Waals surface area contributed by atoms with Gasteiger partial charge in [-0.3, -0.25) is 9.36 Å². The number of ether oxygens (including phenoxy) is 1. The van der Waals surface area contributed by atoms with E-state index in [1.165, 1.54) is 18.3 Å². The summed E-state index contributed by atoms with van der Waals surface area (Å²) in [7, 11) is 1.57. The van der Waals surface area contributed by atoms with Gasteiger partial charge in [0.25, 0.3) is 5.91 Å². The summed E-state index contributed by atoms with van der Waals surface area (Å²) in [5.41, 5.74) is 0.974. The fourth-order valence-corrected chi connectivity index (χ4v) is 2.23. The zero-order valence-electron chi connectivity index (χ0n) is 11.7. The molecule has 0 bridgehead atoms. The molecule has 2 rings (SSSR count). The average molecular weight is 309 g/mol. The summed E-state index contributed by atoms with van der Waals surface area (Å²) in [6.45, 7) is 2.25. The van der Waals surface area contributed by atoms with Gasteiger partial charge in [-0.1, -0.05) is 0 Å². The highest BCUT2D eigenvalue weighted by atomic mass is 32.1. The van der Waals surface area contributed by atoms with Crippen LogP contribution < -0.4 is 5.32 Å². The highest BCUT2D eigenvalue weighted by Gasteiger charge is 2.16. The maximum absolute atomic E-state index is 13.0. The van der Waals surface area contributed by atoms with Crippen LogP contribution in [0.2, 0.25) is 0 Å². The maximum Gasteiger partial charge on any atom is 0.270 e. The number of nitrogens with one attached hydrogen (secondary N) is 2. The summed E-state index contributed by atoms with van der Waals surface area (Å²) >= 11 is 5.18. The predicted molar refractivity (Wildman–Crippen MR) is 79.7 cm³/mol. The number of aromatic nitrogens is 2. The minimum absolute atomic E-state index is 0.132. The third kappa shape index (κ3) is 3.56. The lowest BCUT2D eigenvalue weighted by atomic mass is 10.3. The molecule has 2 N–H and O–H groups in total. The van der Waals surface area contributed by atoms with Gasteiger partial charge in [-0.25, -0.2) is 4.39 Å². The van der Waals surface area contributed by atoms with Crippen molar-refractivity contribution >= 4 is 18.1 Å². The second-order valence-electron chi connectivity index (χ2n) is 4.62. The second-order valence-corrected chi connectivity index (χ2v) is 5.01. The van der Waals surface area contributed by atoms with E-state index in [0.717, 1.165) is 0 Å². The Bertz CT molecular complexity index is 678. The Kier molecular flexibility index (Phi) is 4.87. The fourth-order valence-electron chi connectivity index (χ4n) is 1.97. The van der Waals surface area contributed by atoms with Gasteiger partial charge in [0, 0.05) is 25.0 Å². The molecule has 0 spiro atoms. The lowest BCUT2D eigenvalue weighted by Gasteiger charge is -2.14. The molecule has 1 unspecified atom stereocenters. The Morgan fingerprint density at radius 1 is 1.48 bits per heavy atom. The zero-order chi connectivity index (χ0) is 15.4. The van der Waals surface area contributed by atoms with E-state index in [0.29, 0.717) is 22.8 Å². The highest BCUT2D eigenvalue weighted by Crippen LogP contribution is 2.13. The van der Waals surface area contributed by atoms with Crippen LogP contribution in [0.3, 0.4) is 0 Å². The summed E-state index contributed by atoms with van der Waals surface area (Å²) in [5.74, 6) is -0.628. The third-order valence-corrected chi connectivity index (χ3v) is 3.19. The number of benzene rings is 1. The molecular weight excluding hydrogens is 293 g/mol. The van der Waals surface area contributed by atoms with Crippen LogP contribution in [0.5, 0.6) is 0 Å². The van der Waals surface area contributed by atoms with Crippen molar-refractivity contribution in [3.8, 4) is 5.69 Å². The average Bonchev–Trinajstić information content (AvgIpc) is 2.82. The first kappa shape index (κ1) is 15.4. The quantitative estimate of drug-likeness (QED) is 0.834. The number of halogens is 1. The van der Waals surface area contributed by atoms with E-state index in [2.05, 4.69) is 10.3 Å². The van der Waals surface area contributed by atoms with Gasteiger partial charge in [-0.15, -0.1) is 0 Å². The van der Waals surface area contributed by atoms with Gasteiger partial charge in [0.1, 0.15) is 11.5 Å². The van der Waals surface area contributed by atoms with Crippen molar-refractivity contribution < 1.29 is 13.9 Å². The Morgan fingerprint density at radius 2 is 2.14 bits per heavy atom. The number of carbonyl (C=O) groups is 1. The van der Waals surface area contributed by atoms with Crippen LogP contribution in [-0.2, 0) is 4.74 Å². The number of H-pyrrole nitrogens is 1. The SMILES string of the molecule is COCC(C)NC(=O)c1c[nH]c(=S)n1-c1ccc(F)cc1. The summed E-state index contributed by atoms with van der Waals surface area (Å²) in [6.07, 6.45) is 1.53. The first-order chi connectivity index (χ1) is 10.0. The molecule has 0 fully saturated rings. The van der Waals surface area contributed by atoms with Gasteiger partial charge in [0.15, 0.2) is 4.77 Å². The van der Waals surface area contributed by atoms with E-state index in [1.807, 2.05) is 6.92 Å². The molecule has 0 saturated carbocycles.